The van der Waals surface area contributed by atoms with E-state index in [-0.39, 0.29) is 36.4 Å². The lowest BCUT2D eigenvalue weighted by Gasteiger charge is -2.25. The molecule has 0 aromatic carbocycles. The van der Waals surface area contributed by atoms with Crippen LogP contribution in [0.15, 0.2) is 0 Å². The second-order valence-electron chi connectivity index (χ2n) is 7.07. The van der Waals surface area contributed by atoms with E-state index in [1.807, 2.05) is 0 Å². The van der Waals surface area contributed by atoms with Gasteiger partial charge in [0.25, 0.3) is 0 Å². The number of ether oxygens (including phenoxy) is 4. The number of urea groups is 1. The molecule has 1 aliphatic heterocycles. The summed E-state index contributed by atoms with van der Waals surface area (Å²) in [5.74, 6) is -0.400. The minimum Gasteiger partial charge on any atom is -0.466 e. The first-order valence-corrected chi connectivity index (χ1v) is 10.2. The summed E-state index contributed by atoms with van der Waals surface area (Å²) >= 11 is 0. The Morgan fingerprint density at radius 2 is 1.97 bits per heavy atom. The fourth-order valence-electron chi connectivity index (χ4n) is 3.17. The van der Waals surface area contributed by atoms with Gasteiger partial charge in [-0.2, -0.15) is 0 Å². The van der Waals surface area contributed by atoms with Crippen LogP contribution in [-0.4, -0.2) is 107 Å². The Balaban J connectivity index is 1.76. The summed E-state index contributed by atoms with van der Waals surface area (Å²) in [5, 5.41) is 2.75. The third kappa shape index (κ3) is 8.15. The van der Waals surface area contributed by atoms with E-state index in [4.69, 9.17) is 18.9 Å². The maximum absolute atomic E-state index is 12.6. The molecule has 0 aromatic rings. The number of nitrogens with zero attached hydrogens (tertiary/aromatic N) is 2. The Labute approximate surface area is 171 Å². The molecule has 29 heavy (non-hydrogen) atoms. The van der Waals surface area contributed by atoms with Crippen LogP contribution in [-0.2, 0) is 28.5 Å². The molecule has 2 rings (SSSR count). The van der Waals surface area contributed by atoms with Crippen LogP contribution in [0.2, 0.25) is 0 Å². The first-order chi connectivity index (χ1) is 14.1. The van der Waals surface area contributed by atoms with Crippen LogP contribution < -0.4 is 5.32 Å². The highest BCUT2D eigenvalue weighted by molar-refractivity contribution is 5.79. The topological polar surface area (TPSA) is 107 Å². The van der Waals surface area contributed by atoms with Crippen molar-refractivity contribution in [2.45, 2.75) is 13.3 Å². The Morgan fingerprint density at radius 1 is 1.21 bits per heavy atom. The summed E-state index contributed by atoms with van der Waals surface area (Å²) in [6.07, 6.45) is 0.723. The number of rotatable bonds is 15. The second kappa shape index (κ2) is 12.6. The van der Waals surface area contributed by atoms with E-state index in [1.165, 1.54) is 0 Å². The Morgan fingerprint density at radius 3 is 2.66 bits per heavy atom. The third-order valence-electron chi connectivity index (χ3n) is 4.93. The van der Waals surface area contributed by atoms with Crippen LogP contribution in [0.25, 0.3) is 0 Å². The second-order valence-corrected chi connectivity index (χ2v) is 7.07. The number of nitrogens with one attached hydrogen (secondary N) is 1. The first kappa shape index (κ1) is 23.4. The van der Waals surface area contributed by atoms with Crippen LogP contribution in [0.5, 0.6) is 0 Å². The van der Waals surface area contributed by atoms with Crippen LogP contribution in [0.4, 0.5) is 4.79 Å². The van der Waals surface area contributed by atoms with Gasteiger partial charge in [-0.3, -0.25) is 9.59 Å². The molecule has 2 fully saturated rings. The highest BCUT2D eigenvalue weighted by Gasteiger charge is 2.45. The summed E-state index contributed by atoms with van der Waals surface area (Å²) in [5.41, 5.74) is 0. The van der Waals surface area contributed by atoms with E-state index in [2.05, 4.69) is 5.32 Å². The number of esters is 1. The summed E-state index contributed by atoms with van der Waals surface area (Å²) in [6.45, 7) is 6.34. The highest BCUT2D eigenvalue weighted by Crippen LogP contribution is 2.40. The largest absolute Gasteiger partial charge is 0.466 e. The molecule has 0 aromatic heterocycles. The van der Waals surface area contributed by atoms with Gasteiger partial charge in [-0.15, -0.1) is 0 Å². The number of carbonyl (C=O) groups excluding carboxylic acids is 3. The molecule has 166 valence electrons. The summed E-state index contributed by atoms with van der Waals surface area (Å²) < 4.78 is 20.7. The quantitative estimate of drug-likeness (QED) is 0.290. The zero-order valence-electron chi connectivity index (χ0n) is 17.4. The molecule has 10 heteroatoms. The average molecular weight is 415 g/mol. The van der Waals surface area contributed by atoms with Crippen molar-refractivity contribution in [2.24, 2.45) is 11.8 Å². The van der Waals surface area contributed by atoms with Crippen LogP contribution in [0.1, 0.15) is 13.3 Å². The Bertz CT molecular complexity index is 546. The molecule has 3 amide bonds. The summed E-state index contributed by atoms with van der Waals surface area (Å²) in [6, 6.07) is -0.113. The lowest BCUT2D eigenvalue weighted by atomic mass is 10.3. The molecule has 1 N–H and O–H groups in total. The normalized spacial score (nSPS) is 20.5. The Hall–Kier alpha value is -1.91. The standard InChI is InChI=1S/C19H33N3O7/c1-3-29-18(24)16-12-15(16)13-22(7-6-21-5-4-20-19(21)25)17(23)14-28-11-10-27-9-8-26-2/h15-16H,3-14H2,1-2H3,(H,20,25)/t15-,16+/m0/s1. The third-order valence-corrected chi connectivity index (χ3v) is 4.93. The van der Waals surface area contributed by atoms with Gasteiger partial charge in [0, 0.05) is 39.8 Å². The predicted octanol–water partition coefficient (Wildman–Crippen LogP) is -0.281. The fraction of sp³-hybridized carbons (Fsp3) is 0.842. The molecule has 0 spiro atoms. The van der Waals surface area contributed by atoms with Crippen molar-refractivity contribution < 1.29 is 33.3 Å². The summed E-state index contributed by atoms with van der Waals surface area (Å²) in [7, 11) is 1.60. The lowest BCUT2D eigenvalue weighted by Crippen LogP contribution is -2.42. The zero-order chi connectivity index (χ0) is 21.1. The predicted molar refractivity (Wildman–Crippen MR) is 103 cm³/mol. The Kier molecular flexibility index (Phi) is 10.2. The van der Waals surface area contributed by atoms with Crippen LogP contribution >= 0.6 is 0 Å². The van der Waals surface area contributed by atoms with E-state index in [0.717, 1.165) is 6.42 Å². The van der Waals surface area contributed by atoms with E-state index in [0.29, 0.717) is 65.8 Å². The van der Waals surface area contributed by atoms with Gasteiger partial charge in [0.1, 0.15) is 6.61 Å². The van der Waals surface area contributed by atoms with Gasteiger partial charge in [0.15, 0.2) is 0 Å². The lowest BCUT2D eigenvalue weighted by molar-refractivity contribution is -0.145. The minimum atomic E-state index is -0.201. The molecule has 1 heterocycles. The maximum Gasteiger partial charge on any atom is 0.317 e. The molecule has 2 aliphatic rings. The average Bonchev–Trinajstić information content (AvgIpc) is 3.36. The van der Waals surface area contributed by atoms with Crippen molar-refractivity contribution >= 4 is 17.9 Å². The SMILES string of the molecule is CCOC(=O)[C@@H]1C[C@H]1CN(CCN1CCNC1=O)C(=O)COCCOCCOC. The van der Waals surface area contributed by atoms with E-state index in [1.54, 1.807) is 23.8 Å². The molecule has 1 saturated carbocycles. The molecule has 1 saturated heterocycles. The molecule has 0 unspecified atom stereocenters. The van der Waals surface area contributed by atoms with Gasteiger partial charge >= 0.3 is 12.0 Å². The number of amides is 3. The number of hydrogen-bond acceptors (Lipinski definition) is 7. The van der Waals surface area contributed by atoms with E-state index in [9.17, 15) is 14.4 Å². The van der Waals surface area contributed by atoms with Gasteiger partial charge in [0.05, 0.1) is 39.0 Å². The molecule has 0 bridgehead atoms. The highest BCUT2D eigenvalue weighted by atomic mass is 16.5. The number of hydrogen-bond donors (Lipinski definition) is 1. The number of methoxy groups -OCH3 is 1. The summed E-state index contributed by atoms with van der Waals surface area (Å²) in [4.78, 5) is 39.6. The van der Waals surface area contributed by atoms with Crippen LogP contribution in [0.3, 0.4) is 0 Å². The van der Waals surface area contributed by atoms with E-state index >= 15 is 0 Å². The van der Waals surface area contributed by atoms with Gasteiger partial charge < -0.3 is 34.1 Å². The molecule has 1 aliphatic carbocycles. The molecule has 10 nitrogen and oxygen atoms in total. The minimum absolute atomic E-state index is 0.0589. The van der Waals surface area contributed by atoms with Gasteiger partial charge in [-0.05, 0) is 19.3 Å². The first-order valence-electron chi connectivity index (χ1n) is 10.2. The molecular formula is C19H33N3O7. The van der Waals surface area contributed by atoms with Crippen molar-refractivity contribution in [1.29, 1.82) is 0 Å². The number of carbonyl (C=O) groups is 3. The van der Waals surface area contributed by atoms with E-state index < -0.39 is 0 Å². The fourth-order valence-corrected chi connectivity index (χ4v) is 3.17. The monoisotopic (exact) mass is 415 g/mol. The molecule has 0 radical (unpaired) electrons. The zero-order valence-corrected chi connectivity index (χ0v) is 17.4. The smallest absolute Gasteiger partial charge is 0.317 e. The molecular weight excluding hydrogens is 382 g/mol. The van der Waals surface area contributed by atoms with Crippen molar-refractivity contribution in [2.75, 3.05) is 79.5 Å². The van der Waals surface area contributed by atoms with Gasteiger partial charge in [-0.1, -0.05) is 0 Å². The van der Waals surface area contributed by atoms with Crippen LogP contribution in [0, 0.1) is 11.8 Å². The van der Waals surface area contributed by atoms with Gasteiger partial charge in [0.2, 0.25) is 5.91 Å². The maximum atomic E-state index is 12.6. The van der Waals surface area contributed by atoms with Crippen molar-refractivity contribution in [1.82, 2.24) is 15.1 Å². The van der Waals surface area contributed by atoms with Crippen molar-refractivity contribution in [3.8, 4) is 0 Å². The van der Waals surface area contributed by atoms with Crippen molar-refractivity contribution in [3.63, 3.8) is 0 Å². The van der Waals surface area contributed by atoms with Crippen molar-refractivity contribution in [3.05, 3.63) is 0 Å². The van der Waals surface area contributed by atoms with Gasteiger partial charge in [-0.25, -0.2) is 4.79 Å². The molecule has 2 atom stereocenters.